The van der Waals surface area contributed by atoms with Gasteiger partial charge in [-0.1, -0.05) is 309 Å². The fourth-order valence-electron chi connectivity index (χ4n) is 11.2. The van der Waals surface area contributed by atoms with Crippen LogP contribution < -0.4 is 5.32 Å². The van der Waals surface area contributed by atoms with Crippen LogP contribution in [0.5, 0.6) is 0 Å². The third-order valence-corrected chi connectivity index (χ3v) is 16.6. The molecule has 458 valence electrons. The summed E-state index contributed by atoms with van der Waals surface area (Å²) in [6, 6.07) is -1.18. The number of aliphatic hydroxyl groups is 7. The Hall–Kier alpha value is -1.15. The van der Waals surface area contributed by atoms with Crippen molar-refractivity contribution in [3.8, 4) is 0 Å². The highest BCUT2D eigenvalue weighted by atomic mass is 16.7. The van der Waals surface area contributed by atoms with Crippen molar-refractivity contribution in [3.63, 3.8) is 0 Å². The molecule has 8 N–H and O–H groups in total. The number of carbonyl (C=O) groups is 1. The summed E-state index contributed by atoms with van der Waals surface area (Å²) in [6.45, 7) is 3.47. The molecule has 1 saturated heterocycles. The van der Waals surface area contributed by atoms with Crippen molar-refractivity contribution in [3.05, 3.63) is 12.2 Å². The number of aliphatic hydroxyl groups excluding tert-OH is 7. The number of unbranched alkanes of at least 4 members (excludes halogenated alkanes) is 45. The van der Waals surface area contributed by atoms with Crippen LogP contribution in [0.25, 0.3) is 0 Å². The maximum absolute atomic E-state index is 13.2. The Balaban J connectivity index is 2.11. The maximum atomic E-state index is 13.2. The standard InChI is InChI=1S/C66H129NO10/c1-3-5-7-9-11-13-15-17-19-20-21-22-23-24-25-26-27-28-29-30-31-32-33-34-35-36-37-38-39-40-42-44-46-48-50-52-54-59(70)65(75)67-57(56-76-66-64(74)63(73)62(72)60(55-68)77-66)61(71)58(69)53-51-49-47-45-43-41-18-16-14-12-10-8-6-4-2/h45,47,57-64,66,68-74H,3-44,46,48-56H2,1-2H3,(H,67,75)/b47-45+. The number of rotatable bonds is 59. The van der Waals surface area contributed by atoms with Crippen molar-refractivity contribution in [1.29, 1.82) is 0 Å². The molecular weight excluding hydrogens is 967 g/mol. The largest absolute Gasteiger partial charge is 0.394 e. The van der Waals surface area contributed by atoms with Gasteiger partial charge in [0.05, 0.1) is 25.4 Å². The molecule has 1 rings (SSSR count). The number of allylic oxidation sites excluding steroid dienone is 2. The molecule has 11 heteroatoms. The Morgan fingerprint density at radius 1 is 0.442 bits per heavy atom. The lowest BCUT2D eigenvalue weighted by atomic mass is 9.98. The Labute approximate surface area is 474 Å². The molecule has 0 saturated carbocycles. The summed E-state index contributed by atoms with van der Waals surface area (Å²) in [7, 11) is 0. The van der Waals surface area contributed by atoms with Gasteiger partial charge >= 0.3 is 0 Å². The first-order valence-corrected chi connectivity index (χ1v) is 33.6. The molecule has 9 atom stereocenters. The minimum atomic E-state index is -1.67. The van der Waals surface area contributed by atoms with E-state index in [4.69, 9.17) is 9.47 Å². The van der Waals surface area contributed by atoms with E-state index in [9.17, 15) is 40.5 Å². The SMILES string of the molecule is CCCCCCCCCCC/C=C/CCCC(O)C(O)C(COC1OC(CO)C(O)C(O)C1O)NC(=O)C(O)CCCCCCCCCCCCCCCCCCCCCCCCCCCCCCCCCCCCCC. The summed E-state index contributed by atoms with van der Waals surface area (Å²) < 4.78 is 11.1. The van der Waals surface area contributed by atoms with Gasteiger partial charge in [-0.15, -0.1) is 0 Å². The number of amides is 1. The van der Waals surface area contributed by atoms with E-state index < -0.39 is 74.2 Å². The van der Waals surface area contributed by atoms with Gasteiger partial charge in [0.2, 0.25) is 5.91 Å². The first-order valence-electron chi connectivity index (χ1n) is 33.6. The lowest BCUT2D eigenvalue weighted by Gasteiger charge is -2.40. The number of carbonyl (C=O) groups excluding carboxylic acids is 1. The molecule has 0 bridgehead atoms. The summed E-state index contributed by atoms with van der Waals surface area (Å²) in [5.41, 5.74) is 0. The van der Waals surface area contributed by atoms with Crippen LogP contribution in [0.15, 0.2) is 12.2 Å². The molecule has 1 aliphatic rings. The Kier molecular flexibility index (Phi) is 53.1. The van der Waals surface area contributed by atoms with Crippen molar-refractivity contribution in [2.75, 3.05) is 13.2 Å². The van der Waals surface area contributed by atoms with Crippen LogP contribution in [0, 0.1) is 0 Å². The Morgan fingerprint density at radius 3 is 1.12 bits per heavy atom. The van der Waals surface area contributed by atoms with Gasteiger partial charge in [0.1, 0.15) is 36.6 Å². The monoisotopic (exact) mass is 1100 g/mol. The van der Waals surface area contributed by atoms with Crippen molar-refractivity contribution in [2.45, 2.75) is 390 Å². The van der Waals surface area contributed by atoms with E-state index >= 15 is 0 Å². The molecule has 0 aromatic heterocycles. The summed E-state index contributed by atoms with van der Waals surface area (Å²) in [5.74, 6) is -0.700. The van der Waals surface area contributed by atoms with Gasteiger partial charge in [0.25, 0.3) is 0 Å². The molecule has 0 spiro atoms. The normalized spacial score (nSPS) is 19.5. The second-order valence-corrected chi connectivity index (χ2v) is 23.9. The van der Waals surface area contributed by atoms with Gasteiger partial charge in [0, 0.05) is 0 Å². The van der Waals surface area contributed by atoms with E-state index in [1.54, 1.807) is 0 Å². The quantitative estimate of drug-likeness (QED) is 0.0215. The zero-order chi connectivity index (χ0) is 56.1. The van der Waals surface area contributed by atoms with E-state index in [0.717, 1.165) is 38.5 Å². The molecule has 0 aromatic rings. The highest BCUT2D eigenvalue weighted by Crippen LogP contribution is 2.24. The number of ether oxygens (including phenoxy) is 2. The van der Waals surface area contributed by atoms with Crippen LogP contribution in [0.2, 0.25) is 0 Å². The molecule has 0 aliphatic carbocycles. The van der Waals surface area contributed by atoms with Gasteiger partial charge in [-0.25, -0.2) is 0 Å². The van der Waals surface area contributed by atoms with Crippen molar-refractivity contribution >= 4 is 5.91 Å². The van der Waals surface area contributed by atoms with Crippen molar-refractivity contribution < 1.29 is 50.0 Å². The van der Waals surface area contributed by atoms with Gasteiger partial charge < -0.3 is 50.5 Å². The number of hydrogen-bond donors (Lipinski definition) is 8. The lowest BCUT2D eigenvalue weighted by molar-refractivity contribution is -0.303. The van der Waals surface area contributed by atoms with E-state index in [1.165, 1.54) is 257 Å². The average molecular weight is 1100 g/mol. The Morgan fingerprint density at radius 2 is 0.766 bits per heavy atom. The second-order valence-electron chi connectivity index (χ2n) is 23.9. The van der Waals surface area contributed by atoms with Crippen LogP contribution in [-0.2, 0) is 14.3 Å². The molecule has 1 aliphatic heterocycles. The van der Waals surface area contributed by atoms with Crippen LogP contribution in [0.4, 0.5) is 0 Å². The fraction of sp³-hybridized carbons (Fsp3) is 0.955. The molecule has 0 radical (unpaired) electrons. The average Bonchev–Trinajstić information content (AvgIpc) is 3.43. The molecule has 11 nitrogen and oxygen atoms in total. The minimum absolute atomic E-state index is 0.260. The molecule has 1 fully saturated rings. The van der Waals surface area contributed by atoms with Gasteiger partial charge in [-0.3, -0.25) is 4.79 Å². The Bertz CT molecular complexity index is 1260. The zero-order valence-electron chi connectivity index (χ0n) is 50.5. The summed E-state index contributed by atoms with van der Waals surface area (Å²) >= 11 is 0. The molecule has 9 unspecified atom stereocenters. The first kappa shape index (κ1) is 73.9. The maximum Gasteiger partial charge on any atom is 0.249 e. The molecule has 1 heterocycles. The van der Waals surface area contributed by atoms with E-state index in [1.807, 2.05) is 0 Å². The second kappa shape index (κ2) is 55.4. The molecular formula is C66H129NO10. The van der Waals surface area contributed by atoms with Crippen LogP contribution >= 0.6 is 0 Å². The highest BCUT2D eigenvalue weighted by Gasteiger charge is 2.44. The van der Waals surface area contributed by atoms with Gasteiger partial charge in [-0.2, -0.15) is 0 Å². The predicted octanol–water partition coefficient (Wildman–Crippen LogP) is 15.5. The highest BCUT2D eigenvalue weighted by molar-refractivity contribution is 5.80. The van der Waals surface area contributed by atoms with Crippen LogP contribution in [0.3, 0.4) is 0 Å². The zero-order valence-corrected chi connectivity index (χ0v) is 50.5. The number of nitrogens with one attached hydrogen (secondary N) is 1. The topological polar surface area (TPSA) is 189 Å². The lowest BCUT2D eigenvalue weighted by Crippen LogP contribution is -2.60. The molecule has 1 amide bonds. The van der Waals surface area contributed by atoms with Crippen LogP contribution in [-0.4, -0.2) is 110 Å². The molecule has 77 heavy (non-hydrogen) atoms. The summed E-state index contributed by atoms with van der Waals surface area (Å²) in [6.07, 6.45) is 56.1. The third kappa shape index (κ3) is 43.2. The van der Waals surface area contributed by atoms with Crippen molar-refractivity contribution in [1.82, 2.24) is 5.32 Å². The predicted molar refractivity (Wildman–Crippen MR) is 321 cm³/mol. The van der Waals surface area contributed by atoms with Gasteiger partial charge in [-0.05, 0) is 38.5 Å². The van der Waals surface area contributed by atoms with E-state index in [0.29, 0.717) is 12.8 Å². The molecule has 0 aromatic carbocycles. The first-order chi connectivity index (χ1) is 37.7. The number of hydrogen-bond acceptors (Lipinski definition) is 10. The van der Waals surface area contributed by atoms with E-state index in [2.05, 4.69) is 31.3 Å². The summed E-state index contributed by atoms with van der Waals surface area (Å²) in [4.78, 5) is 13.2. The third-order valence-electron chi connectivity index (χ3n) is 16.6. The van der Waals surface area contributed by atoms with Crippen LogP contribution in [0.1, 0.15) is 335 Å². The van der Waals surface area contributed by atoms with Crippen molar-refractivity contribution in [2.24, 2.45) is 0 Å². The smallest absolute Gasteiger partial charge is 0.249 e. The fourth-order valence-corrected chi connectivity index (χ4v) is 11.2. The summed E-state index contributed by atoms with van der Waals surface area (Å²) in [5, 5.41) is 76.2. The van der Waals surface area contributed by atoms with E-state index in [-0.39, 0.29) is 12.8 Å². The van der Waals surface area contributed by atoms with Gasteiger partial charge in [0.15, 0.2) is 6.29 Å². The minimum Gasteiger partial charge on any atom is -0.394 e.